The summed E-state index contributed by atoms with van der Waals surface area (Å²) in [5, 5.41) is 0. The number of hydrogen-bond donors (Lipinski definition) is 1. The van der Waals surface area contributed by atoms with E-state index >= 15 is 0 Å². The molecule has 72 valence electrons. The molecule has 0 aromatic carbocycles. The Bertz CT molecular complexity index is 250. The largest absolute Gasteiger partial charge is 0.398 e. The fourth-order valence-corrected chi connectivity index (χ4v) is 1.16. The molecule has 0 aliphatic rings. The van der Waals surface area contributed by atoms with Gasteiger partial charge in [0.2, 0.25) is 0 Å². The summed E-state index contributed by atoms with van der Waals surface area (Å²) in [6.45, 7) is 3.58. The van der Waals surface area contributed by atoms with E-state index in [0.29, 0.717) is 0 Å². The lowest BCUT2D eigenvalue weighted by Gasteiger charge is -2.04. The van der Waals surface area contributed by atoms with Gasteiger partial charge in [-0.3, -0.25) is 4.98 Å². The van der Waals surface area contributed by atoms with Crippen LogP contribution in [0.5, 0.6) is 0 Å². The first kappa shape index (κ1) is 9.99. The Hall–Kier alpha value is -1.09. The van der Waals surface area contributed by atoms with E-state index < -0.39 is 0 Å². The van der Waals surface area contributed by atoms with Crippen LogP contribution in [0.2, 0.25) is 0 Å². The molecule has 3 heteroatoms. The molecule has 0 fully saturated rings. The van der Waals surface area contributed by atoms with E-state index in [1.807, 2.05) is 19.2 Å². The monoisotopic (exact) mass is 180 g/mol. The van der Waals surface area contributed by atoms with E-state index in [9.17, 15) is 0 Å². The zero-order valence-electron chi connectivity index (χ0n) is 7.99. The third kappa shape index (κ3) is 3.42. The number of nitrogen functional groups attached to an aromatic ring is 1. The maximum absolute atomic E-state index is 5.75. The zero-order chi connectivity index (χ0) is 9.52. The number of anilines is 1. The van der Waals surface area contributed by atoms with Crippen LogP contribution < -0.4 is 5.73 Å². The fourth-order valence-electron chi connectivity index (χ4n) is 1.16. The van der Waals surface area contributed by atoms with Crippen LogP contribution in [0.1, 0.15) is 18.9 Å². The van der Waals surface area contributed by atoms with E-state index in [2.05, 4.69) is 4.98 Å². The average molecular weight is 180 g/mol. The first-order chi connectivity index (χ1) is 6.34. The number of nitrogens with two attached hydrogens (primary N) is 1. The van der Waals surface area contributed by atoms with Crippen molar-refractivity contribution in [3.05, 3.63) is 24.0 Å². The number of aryl methyl sites for hydroxylation is 1. The van der Waals surface area contributed by atoms with Crippen LogP contribution in [0, 0.1) is 0 Å². The molecule has 0 aliphatic heterocycles. The number of pyridine rings is 1. The predicted molar refractivity (Wildman–Crippen MR) is 53.5 cm³/mol. The molecule has 0 spiro atoms. The summed E-state index contributed by atoms with van der Waals surface area (Å²) in [7, 11) is 0. The summed E-state index contributed by atoms with van der Waals surface area (Å²) in [4.78, 5) is 4.02. The first-order valence-corrected chi connectivity index (χ1v) is 4.60. The van der Waals surface area contributed by atoms with Gasteiger partial charge in [-0.2, -0.15) is 0 Å². The predicted octanol–water partition coefficient (Wildman–Crippen LogP) is 1.63. The molecule has 13 heavy (non-hydrogen) atoms. The molecule has 1 aromatic rings. The van der Waals surface area contributed by atoms with Crippen molar-refractivity contribution in [3.8, 4) is 0 Å². The topological polar surface area (TPSA) is 48.1 Å². The van der Waals surface area contributed by atoms with Crippen LogP contribution in [0.3, 0.4) is 0 Å². The van der Waals surface area contributed by atoms with E-state index in [1.54, 1.807) is 6.20 Å². The Morgan fingerprint density at radius 3 is 3.08 bits per heavy atom. The average Bonchev–Trinajstić information content (AvgIpc) is 2.15. The summed E-state index contributed by atoms with van der Waals surface area (Å²) in [5.74, 6) is 0. The SMILES string of the molecule is CCOCCCc1cnccc1N. The molecule has 0 saturated heterocycles. The molecule has 0 aliphatic carbocycles. The Labute approximate surface area is 78.9 Å². The molecule has 2 N–H and O–H groups in total. The first-order valence-electron chi connectivity index (χ1n) is 4.60. The van der Waals surface area contributed by atoms with Gasteiger partial charge in [-0.05, 0) is 31.4 Å². The third-order valence-electron chi connectivity index (χ3n) is 1.88. The zero-order valence-corrected chi connectivity index (χ0v) is 7.99. The van der Waals surface area contributed by atoms with Gasteiger partial charge in [0.25, 0.3) is 0 Å². The minimum atomic E-state index is 0.780. The molecule has 0 unspecified atom stereocenters. The van der Waals surface area contributed by atoms with Crippen LogP contribution in [-0.4, -0.2) is 18.2 Å². The highest BCUT2D eigenvalue weighted by Gasteiger charge is 1.97. The highest BCUT2D eigenvalue weighted by Crippen LogP contribution is 2.10. The second-order valence-corrected chi connectivity index (χ2v) is 2.87. The van der Waals surface area contributed by atoms with Crippen molar-refractivity contribution >= 4 is 5.69 Å². The molecule has 0 saturated carbocycles. The minimum Gasteiger partial charge on any atom is -0.398 e. The summed E-state index contributed by atoms with van der Waals surface area (Å²) in [5.41, 5.74) is 7.69. The number of nitrogens with zero attached hydrogens (tertiary/aromatic N) is 1. The standard InChI is InChI=1S/C10H16N2O/c1-2-13-7-3-4-9-8-12-6-5-10(9)11/h5-6,8H,2-4,7H2,1H3,(H2,11,12). The Kier molecular flexibility index (Phi) is 4.26. The quantitative estimate of drug-likeness (QED) is 0.701. The van der Waals surface area contributed by atoms with Crippen LogP contribution >= 0.6 is 0 Å². The normalized spacial score (nSPS) is 10.2. The van der Waals surface area contributed by atoms with Gasteiger partial charge >= 0.3 is 0 Å². The molecular formula is C10H16N2O. The van der Waals surface area contributed by atoms with Gasteiger partial charge in [0.15, 0.2) is 0 Å². The van der Waals surface area contributed by atoms with Gasteiger partial charge < -0.3 is 10.5 Å². The highest BCUT2D eigenvalue weighted by atomic mass is 16.5. The number of hydrogen-bond acceptors (Lipinski definition) is 3. The van der Waals surface area contributed by atoms with Crippen molar-refractivity contribution in [2.45, 2.75) is 19.8 Å². The van der Waals surface area contributed by atoms with Gasteiger partial charge in [-0.15, -0.1) is 0 Å². The van der Waals surface area contributed by atoms with Crippen LogP contribution in [0.15, 0.2) is 18.5 Å². The smallest absolute Gasteiger partial charge is 0.0469 e. The van der Waals surface area contributed by atoms with Gasteiger partial charge in [-0.1, -0.05) is 0 Å². The number of ether oxygens (including phenoxy) is 1. The lowest BCUT2D eigenvalue weighted by atomic mass is 10.1. The lowest BCUT2D eigenvalue weighted by Crippen LogP contribution is -1.99. The molecular weight excluding hydrogens is 164 g/mol. The summed E-state index contributed by atoms with van der Waals surface area (Å²) >= 11 is 0. The third-order valence-corrected chi connectivity index (χ3v) is 1.88. The van der Waals surface area contributed by atoms with Crippen molar-refractivity contribution in [2.24, 2.45) is 0 Å². The van der Waals surface area contributed by atoms with Gasteiger partial charge in [-0.25, -0.2) is 0 Å². The summed E-state index contributed by atoms with van der Waals surface area (Å²) < 4.78 is 5.23. The van der Waals surface area contributed by atoms with E-state index in [4.69, 9.17) is 10.5 Å². The van der Waals surface area contributed by atoms with E-state index in [1.165, 1.54) is 0 Å². The van der Waals surface area contributed by atoms with Crippen molar-refractivity contribution in [3.63, 3.8) is 0 Å². The lowest BCUT2D eigenvalue weighted by molar-refractivity contribution is 0.145. The second-order valence-electron chi connectivity index (χ2n) is 2.87. The molecule has 0 radical (unpaired) electrons. The van der Waals surface area contributed by atoms with Crippen LogP contribution in [-0.2, 0) is 11.2 Å². The van der Waals surface area contributed by atoms with Crippen molar-refractivity contribution in [1.82, 2.24) is 4.98 Å². The molecule has 1 aromatic heterocycles. The maximum atomic E-state index is 5.75. The summed E-state index contributed by atoms with van der Waals surface area (Å²) in [6.07, 6.45) is 5.48. The Morgan fingerprint density at radius 2 is 2.38 bits per heavy atom. The van der Waals surface area contributed by atoms with Crippen molar-refractivity contribution in [2.75, 3.05) is 18.9 Å². The van der Waals surface area contributed by atoms with Gasteiger partial charge in [0.1, 0.15) is 0 Å². The van der Waals surface area contributed by atoms with E-state index in [0.717, 1.165) is 37.3 Å². The van der Waals surface area contributed by atoms with Crippen LogP contribution in [0.4, 0.5) is 5.69 Å². The number of aromatic nitrogens is 1. The fraction of sp³-hybridized carbons (Fsp3) is 0.500. The van der Waals surface area contributed by atoms with Gasteiger partial charge in [0.05, 0.1) is 0 Å². The van der Waals surface area contributed by atoms with Crippen molar-refractivity contribution < 1.29 is 4.74 Å². The molecule has 1 heterocycles. The maximum Gasteiger partial charge on any atom is 0.0469 e. The molecule has 1 rings (SSSR count). The van der Waals surface area contributed by atoms with Crippen molar-refractivity contribution in [1.29, 1.82) is 0 Å². The summed E-state index contributed by atoms with van der Waals surface area (Å²) in [6, 6.07) is 1.83. The van der Waals surface area contributed by atoms with Crippen LogP contribution in [0.25, 0.3) is 0 Å². The van der Waals surface area contributed by atoms with Gasteiger partial charge in [0, 0.05) is 31.3 Å². The second kappa shape index (κ2) is 5.54. The highest BCUT2D eigenvalue weighted by molar-refractivity contribution is 5.44. The Morgan fingerprint density at radius 1 is 1.54 bits per heavy atom. The Balaban J connectivity index is 2.32. The molecule has 0 amide bonds. The molecule has 0 bridgehead atoms. The molecule has 0 atom stereocenters. The number of rotatable bonds is 5. The molecule has 3 nitrogen and oxygen atoms in total. The van der Waals surface area contributed by atoms with E-state index in [-0.39, 0.29) is 0 Å². The minimum absolute atomic E-state index is 0.780.